The minimum atomic E-state index is -0.398. The maximum atomic E-state index is 13.1. The van der Waals surface area contributed by atoms with Gasteiger partial charge in [-0.25, -0.2) is 4.39 Å². The first-order valence-electron chi connectivity index (χ1n) is 7.22. The summed E-state index contributed by atoms with van der Waals surface area (Å²) in [5, 5.41) is 9.91. The summed E-state index contributed by atoms with van der Waals surface area (Å²) in [5.74, 6) is -0.360. The van der Waals surface area contributed by atoms with Gasteiger partial charge < -0.3 is 10.0 Å². The molecule has 2 rings (SSSR count). The largest absolute Gasteiger partial charge is 0.508 e. The molecule has 1 aromatic rings. The summed E-state index contributed by atoms with van der Waals surface area (Å²) in [6.07, 6.45) is 3.71. The molecular weight excluding hydrogens is 255 g/mol. The van der Waals surface area contributed by atoms with E-state index in [9.17, 15) is 9.50 Å². The number of halogens is 1. The van der Waals surface area contributed by atoms with Crippen LogP contribution in [0.2, 0.25) is 0 Å². The summed E-state index contributed by atoms with van der Waals surface area (Å²) in [6.45, 7) is 3.01. The van der Waals surface area contributed by atoms with Crippen molar-refractivity contribution >= 4 is 0 Å². The van der Waals surface area contributed by atoms with E-state index in [0.717, 1.165) is 12.1 Å². The minimum Gasteiger partial charge on any atom is -0.508 e. The zero-order valence-corrected chi connectivity index (χ0v) is 12.9. The van der Waals surface area contributed by atoms with Gasteiger partial charge in [-0.3, -0.25) is 4.90 Å². The standard InChI is InChI=1S/C16H25FN2O/c1-12(14-7-6-13(17)10-15(14)20)19(4)11-16(18(2)3)8-5-9-16/h6-7,10,12,20H,5,8-9,11H2,1-4H3. The monoisotopic (exact) mass is 280 g/mol. The summed E-state index contributed by atoms with van der Waals surface area (Å²) in [5.41, 5.74) is 1.03. The highest BCUT2D eigenvalue weighted by molar-refractivity contribution is 5.35. The lowest BCUT2D eigenvalue weighted by Crippen LogP contribution is -2.56. The van der Waals surface area contributed by atoms with E-state index in [-0.39, 0.29) is 17.3 Å². The van der Waals surface area contributed by atoms with Gasteiger partial charge in [0.05, 0.1) is 0 Å². The van der Waals surface area contributed by atoms with E-state index in [1.54, 1.807) is 6.07 Å². The van der Waals surface area contributed by atoms with Gasteiger partial charge in [0.15, 0.2) is 0 Å². The van der Waals surface area contributed by atoms with Gasteiger partial charge in [0.25, 0.3) is 0 Å². The summed E-state index contributed by atoms with van der Waals surface area (Å²) in [4.78, 5) is 4.55. The minimum absolute atomic E-state index is 0.0388. The predicted octanol–water partition coefficient (Wildman–Crippen LogP) is 3.01. The lowest BCUT2D eigenvalue weighted by atomic mass is 9.75. The van der Waals surface area contributed by atoms with Crippen molar-refractivity contribution < 1.29 is 9.50 Å². The van der Waals surface area contributed by atoms with Crippen molar-refractivity contribution in [3.63, 3.8) is 0 Å². The number of rotatable bonds is 5. The molecule has 1 unspecified atom stereocenters. The first kappa shape index (κ1) is 15.3. The fraction of sp³-hybridized carbons (Fsp3) is 0.625. The molecule has 20 heavy (non-hydrogen) atoms. The third-order valence-electron chi connectivity index (χ3n) is 4.88. The van der Waals surface area contributed by atoms with Gasteiger partial charge in [-0.15, -0.1) is 0 Å². The molecule has 1 aromatic carbocycles. The van der Waals surface area contributed by atoms with Crippen LogP contribution in [-0.2, 0) is 0 Å². The first-order chi connectivity index (χ1) is 9.35. The Kier molecular flexibility index (Phi) is 4.35. The molecule has 4 heteroatoms. The second kappa shape index (κ2) is 5.70. The summed E-state index contributed by atoms with van der Waals surface area (Å²) < 4.78 is 13.1. The molecule has 1 N–H and O–H groups in total. The second-order valence-corrected chi connectivity index (χ2v) is 6.27. The Labute approximate surface area is 121 Å². The number of hydrogen-bond acceptors (Lipinski definition) is 3. The molecule has 112 valence electrons. The average molecular weight is 280 g/mol. The van der Waals surface area contributed by atoms with Gasteiger partial charge in [0.1, 0.15) is 11.6 Å². The highest BCUT2D eigenvalue weighted by atomic mass is 19.1. The van der Waals surface area contributed by atoms with Crippen molar-refractivity contribution in [2.45, 2.75) is 37.8 Å². The van der Waals surface area contributed by atoms with Gasteiger partial charge in [-0.1, -0.05) is 6.07 Å². The van der Waals surface area contributed by atoms with Crippen LogP contribution in [0.1, 0.15) is 37.8 Å². The summed E-state index contributed by atoms with van der Waals surface area (Å²) in [7, 11) is 6.33. The van der Waals surface area contributed by atoms with Crippen molar-refractivity contribution in [3.8, 4) is 5.75 Å². The molecule has 1 aliphatic rings. The SMILES string of the molecule is CC(c1ccc(F)cc1O)N(C)CC1(N(C)C)CCC1. The first-order valence-corrected chi connectivity index (χ1v) is 7.22. The predicted molar refractivity (Wildman–Crippen MR) is 79.4 cm³/mol. The molecule has 1 atom stereocenters. The highest BCUT2D eigenvalue weighted by Gasteiger charge is 2.40. The van der Waals surface area contributed by atoms with Gasteiger partial charge >= 0.3 is 0 Å². The Balaban J connectivity index is 2.10. The Morgan fingerprint density at radius 2 is 1.95 bits per heavy atom. The van der Waals surface area contributed by atoms with Gasteiger partial charge in [0.2, 0.25) is 0 Å². The smallest absolute Gasteiger partial charge is 0.126 e. The molecule has 0 heterocycles. The maximum Gasteiger partial charge on any atom is 0.126 e. The average Bonchev–Trinajstić information content (AvgIpc) is 2.32. The fourth-order valence-corrected chi connectivity index (χ4v) is 3.04. The van der Waals surface area contributed by atoms with E-state index in [4.69, 9.17) is 0 Å². The number of phenolic OH excluding ortho intramolecular Hbond substituents is 1. The summed E-state index contributed by atoms with van der Waals surface area (Å²) in [6, 6.07) is 4.33. The topological polar surface area (TPSA) is 26.7 Å². The number of nitrogens with zero attached hydrogens (tertiary/aromatic N) is 2. The third kappa shape index (κ3) is 2.81. The van der Waals surface area contributed by atoms with E-state index in [1.807, 2.05) is 0 Å². The molecule has 1 saturated carbocycles. The zero-order chi connectivity index (χ0) is 14.9. The molecule has 0 bridgehead atoms. The Morgan fingerprint density at radius 3 is 2.40 bits per heavy atom. The van der Waals surface area contributed by atoms with Crippen LogP contribution in [0.25, 0.3) is 0 Å². The quantitative estimate of drug-likeness (QED) is 0.898. The normalized spacial score (nSPS) is 19.1. The van der Waals surface area contributed by atoms with Crippen molar-refractivity contribution in [1.82, 2.24) is 9.80 Å². The van der Waals surface area contributed by atoms with Gasteiger partial charge in [0, 0.05) is 29.8 Å². The lowest BCUT2D eigenvalue weighted by Gasteiger charge is -2.50. The van der Waals surface area contributed by atoms with Crippen molar-refractivity contribution in [3.05, 3.63) is 29.6 Å². The number of aromatic hydroxyl groups is 1. The molecule has 0 spiro atoms. The van der Waals surface area contributed by atoms with Gasteiger partial charge in [-0.05, 0) is 53.4 Å². The zero-order valence-electron chi connectivity index (χ0n) is 12.9. The van der Waals surface area contributed by atoms with Gasteiger partial charge in [-0.2, -0.15) is 0 Å². The van der Waals surface area contributed by atoms with E-state index in [2.05, 4.69) is 37.9 Å². The third-order valence-corrected chi connectivity index (χ3v) is 4.88. The Bertz CT molecular complexity index is 472. The lowest BCUT2D eigenvalue weighted by molar-refractivity contribution is 0.0177. The number of benzene rings is 1. The van der Waals surface area contributed by atoms with Crippen LogP contribution in [-0.4, -0.2) is 48.1 Å². The van der Waals surface area contributed by atoms with E-state index >= 15 is 0 Å². The van der Waals surface area contributed by atoms with Crippen LogP contribution in [0.5, 0.6) is 5.75 Å². The Morgan fingerprint density at radius 1 is 1.30 bits per heavy atom. The summed E-state index contributed by atoms with van der Waals surface area (Å²) >= 11 is 0. The molecular formula is C16H25FN2O. The Hall–Kier alpha value is -1.13. The second-order valence-electron chi connectivity index (χ2n) is 6.27. The van der Waals surface area contributed by atoms with Crippen molar-refractivity contribution in [2.24, 2.45) is 0 Å². The van der Waals surface area contributed by atoms with E-state index in [1.165, 1.54) is 31.4 Å². The highest BCUT2D eigenvalue weighted by Crippen LogP contribution is 2.38. The molecule has 0 aliphatic heterocycles. The molecule has 0 radical (unpaired) electrons. The van der Waals surface area contributed by atoms with Crippen LogP contribution in [0.3, 0.4) is 0 Å². The van der Waals surface area contributed by atoms with Crippen molar-refractivity contribution in [2.75, 3.05) is 27.7 Å². The molecule has 0 amide bonds. The number of phenols is 1. The van der Waals surface area contributed by atoms with E-state index in [0.29, 0.717) is 0 Å². The van der Waals surface area contributed by atoms with Crippen LogP contribution >= 0.6 is 0 Å². The molecule has 1 fully saturated rings. The van der Waals surface area contributed by atoms with Crippen LogP contribution in [0.4, 0.5) is 4.39 Å². The fourth-order valence-electron chi connectivity index (χ4n) is 3.04. The molecule has 1 aliphatic carbocycles. The maximum absolute atomic E-state index is 13.1. The van der Waals surface area contributed by atoms with Crippen molar-refractivity contribution in [1.29, 1.82) is 0 Å². The molecule has 0 aromatic heterocycles. The number of hydrogen-bond donors (Lipinski definition) is 1. The van der Waals surface area contributed by atoms with E-state index < -0.39 is 5.82 Å². The molecule has 3 nitrogen and oxygen atoms in total. The van der Waals surface area contributed by atoms with Crippen LogP contribution < -0.4 is 0 Å². The van der Waals surface area contributed by atoms with Crippen LogP contribution in [0, 0.1) is 5.82 Å². The van der Waals surface area contributed by atoms with Crippen LogP contribution in [0.15, 0.2) is 18.2 Å². The number of likely N-dealkylation sites (N-methyl/N-ethyl adjacent to an activating group) is 2. The molecule has 0 saturated heterocycles.